The summed E-state index contributed by atoms with van der Waals surface area (Å²) in [6.45, 7) is 8.20. The number of guanidine groups is 1. The molecule has 3 N–H and O–H groups in total. The normalized spacial score (nSPS) is 11.1. The molecule has 0 bridgehead atoms. The maximum absolute atomic E-state index is 11.8. The topological polar surface area (TPSA) is 65.5 Å². The van der Waals surface area contributed by atoms with E-state index in [-0.39, 0.29) is 5.91 Å². The van der Waals surface area contributed by atoms with Crippen LogP contribution in [0.2, 0.25) is 0 Å². The Morgan fingerprint density at radius 2 is 1.78 bits per heavy atom. The molecule has 0 aliphatic carbocycles. The summed E-state index contributed by atoms with van der Waals surface area (Å²) in [4.78, 5) is 16.4. The fraction of sp³-hybridized carbons (Fsp3) is 0.364. The smallest absolute Gasteiger partial charge is 0.224 e. The van der Waals surface area contributed by atoms with Crippen LogP contribution >= 0.6 is 0 Å². The summed E-state index contributed by atoms with van der Waals surface area (Å²) in [7, 11) is 0. The van der Waals surface area contributed by atoms with Gasteiger partial charge in [0.2, 0.25) is 5.91 Å². The molecular formula is C22H30N4O. The van der Waals surface area contributed by atoms with Crippen LogP contribution in [0.3, 0.4) is 0 Å². The van der Waals surface area contributed by atoms with Crippen molar-refractivity contribution in [2.45, 2.75) is 46.7 Å². The van der Waals surface area contributed by atoms with Gasteiger partial charge in [0.15, 0.2) is 5.96 Å². The predicted octanol–water partition coefficient (Wildman–Crippen LogP) is 3.99. The third-order valence-corrected chi connectivity index (χ3v) is 3.99. The lowest BCUT2D eigenvalue weighted by Gasteiger charge is -2.12. The fourth-order valence-electron chi connectivity index (χ4n) is 2.72. The van der Waals surface area contributed by atoms with Crippen LogP contribution in [0.25, 0.3) is 0 Å². The van der Waals surface area contributed by atoms with Crippen LogP contribution in [0.4, 0.5) is 5.69 Å². The van der Waals surface area contributed by atoms with Gasteiger partial charge in [0.25, 0.3) is 0 Å². The SMILES string of the molecule is CCCC(=O)Nc1cccc(CNC(=NCc2cccc(C)c2)NCC)c1. The number of anilines is 1. The van der Waals surface area contributed by atoms with E-state index >= 15 is 0 Å². The van der Waals surface area contributed by atoms with Gasteiger partial charge in [0.1, 0.15) is 0 Å². The number of nitrogens with one attached hydrogen (secondary N) is 3. The molecule has 0 unspecified atom stereocenters. The van der Waals surface area contributed by atoms with E-state index in [1.54, 1.807) is 0 Å². The zero-order chi connectivity index (χ0) is 19.5. The molecule has 0 fully saturated rings. The fourth-order valence-corrected chi connectivity index (χ4v) is 2.72. The molecular weight excluding hydrogens is 336 g/mol. The van der Waals surface area contributed by atoms with Crippen LogP contribution in [0.15, 0.2) is 53.5 Å². The van der Waals surface area contributed by atoms with Crippen LogP contribution < -0.4 is 16.0 Å². The lowest BCUT2D eigenvalue weighted by atomic mass is 10.1. The Bertz CT molecular complexity index is 770. The second kappa shape index (κ2) is 11.0. The number of hydrogen-bond donors (Lipinski definition) is 3. The molecule has 0 spiro atoms. The van der Waals surface area contributed by atoms with Crippen molar-refractivity contribution >= 4 is 17.6 Å². The van der Waals surface area contributed by atoms with Crippen molar-refractivity contribution in [3.05, 3.63) is 65.2 Å². The van der Waals surface area contributed by atoms with Gasteiger partial charge in [-0.15, -0.1) is 0 Å². The van der Waals surface area contributed by atoms with E-state index in [4.69, 9.17) is 0 Å². The Balaban J connectivity index is 1.96. The number of aliphatic imine (C=N–C) groups is 1. The minimum Gasteiger partial charge on any atom is -0.357 e. The van der Waals surface area contributed by atoms with Crippen molar-refractivity contribution in [2.24, 2.45) is 4.99 Å². The molecule has 5 heteroatoms. The van der Waals surface area contributed by atoms with Crippen LogP contribution in [-0.2, 0) is 17.9 Å². The molecule has 0 atom stereocenters. The van der Waals surface area contributed by atoms with Gasteiger partial charge in [0.05, 0.1) is 6.54 Å². The first-order valence-corrected chi connectivity index (χ1v) is 9.57. The monoisotopic (exact) mass is 366 g/mol. The van der Waals surface area contributed by atoms with Gasteiger partial charge in [-0.3, -0.25) is 4.79 Å². The molecule has 2 aromatic rings. The van der Waals surface area contributed by atoms with E-state index in [0.29, 0.717) is 19.5 Å². The van der Waals surface area contributed by atoms with Crippen molar-refractivity contribution < 1.29 is 4.79 Å². The molecule has 0 aliphatic heterocycles. The second-order valence-corrected chi connectivity index (χ2v) is 6.54. The summed E-state index contributed by atoms with van der Waals surface area (Å²) in [5.74, 6) is 0.829. The Morgan fingerprint density at radius 3 is 2.52 bits per heavy atom. The molecule has 2 aromatic carbocycles. The second-order valence-electron chi connectivity index (χ2n) is 6.54. The number of nitrogens with zero attached hydrogens (tertiary/aromatic N) is 1. The minimum atomic E-state index is 0.0515. The first-order chi connectivity index (χ1) is 13.1. The molecule has 0 saturated carbocycles. The molecule has 0 aromatic heterocycles. The molecule has 0 aliphatic rings. The Hall–Kier alpha value is -2.82. The summed E-state index contributed by atoms with van der Waals surface area (Å²) in [5, 5.41) is 9.56. The summed E-state index contributed by atoms with van der Waals surface area (Å²) in [6, 6.07) is 16.3. The standard InChI is InChI=1S/C22H30N4O/c1-4-8-21(27)26-20-12-7-11-19(14-20)16-25-22(23-5-2)24-15-18-10-6-9-17(3)13-18/h6-7,9-14H,4-5,8,15-16H2,1-3H3,(H,26,27)(H2,23,24,25). The number of carbonyl (C=O) groups is 1. The van der Waals surface area contributed by atoms with E-state index in [2.05, 4.69) is 52.1 Å². The number of carbonyl (C=O) groups excluding carboxylic acids is 1. The summed E-state index contributed by atoms with van der Waals surface area (Å²) in [6.07, 6.45) is 1.38. The highest BCUT2D eigenvalue weighted by molar-refractivity contribution is 5.90. The van der Waals surface area contributed by atoms with Crippen molar-refractivity contribution in [2.75, 3.05) is 11.9 Å². The van der Waals surface area contributed by atoms with Gasteiger partial charge < -0.3 is 16.0 Å². The lowest BCUT2D eigenvalue weighted by Crippen LogP contribution is -2.36. The Labute approximate surface area is 162 Å². The zero-order valence-corrected chi connectivity index (χ0v) is 16.5. The van der Waals surface area contributed by atoms with E-state index in [9.17, 15) is 4.79 Å². The number of aryl methyl sites for hydroxylation is 1. The summed E-state index contributed by atoms with van der Waals surface area (Å²) < 4.78 is 0. The highest BCUT2D eigenvalue weighted by Gasteiger charge is 2.03. The summed E-state index contributed by atoms with van der Waals surface area (Å²) in [5.41, 5.74) is 4.34. The molecule has 1 amide bonds. The molecule has 144 valence electrons. The average Bonchev–Trinajstić information content (AvgIpc) is 2.64. The third kappa shape index (κ3) is 7.52. The van der Waals surface area contributed by atoms with Crippen molar-refractivity contribution in [3.8, 4) is 0 Å². The van der Waals surface area contributed by atoms with E-state index < -0.39 is 0 Å². The van der Waals surface area contributed by atoms with Crippen molar-refractivity contribution in [1.82, 2.24) is 10.6 Å². The zero-order valence-electron chi connectivity index (χ0n) is 16.5. The molecule has 27 heavy (non-hydrogen) atoms. The number of benzene rings is 2. The van der Waals surface area contributed by atoms with Crippen LogP contribution in [0.5, 0.6) is 0 Å². The van der Waals surface area contributed by atoms with Gasteiger partial charge >= 0.3 is 0 Å². The first-order valence-electron chi connectivity index (χ1n) is 9.57. The maximum atomic E-state index is 11.8. The predicted molar refractivity (Wildman–Crippen MR) is 113 cm³/mol. The number of amides is 1. The van der Waals surface area contributed by atoms with Gasteiger partial charge in [-0.2, -0.15) is 0 Å². The van der Waals surface area contributed by atoms with E-state index in [1.807, 2.05) is 38.1 Å². The number of hydrogen-bond acceptors (Lipinski definition) is 2. The Kier molecular flexibility index (Phi) is 8.36. The molecule has 2 rings (SSSR count). The quantitative estimate of drug-likeness (QED) is 0.489. The minimum absolute atomic E-state index is 0.0515. The summed E-state index contributed by atoms with van der Waals surface area (Å²) >= 11 is 0. The maximum Gasteiger partial charge on any atom is 0.224 e. The van der Waals surface area contributed by atoms with Gasteiger partial charge in [0, 0.05) is 25.2 Å². The molecule has 0 heterocycles. The lowest BCUT2D eigenvalue weighted by molar-refractivity contribution is -0.116. The highest BCUT2D eigenvalue weighted by Crippen LogP contribution is 2.11. The van der Waals surface area contributed by atoms with E-state index in [1.165, 1.54) is 11.1 Å². The first kappa shape index (κ1) is 20.5. The van der Waals surface area contributed by atoms with Crippen LogP contribution in [0, 0.1) is 6.92 Å². The van der Waals surface area contributed by atoms with Crippen LogP contribution in [0.1, 0.15) is 43.4 Å². The largest absolute Gasteiger partial charge is 0.357 e. The number of rotatable bonds is 8. The van der Waals surface area contributed by atoms with Gasteiger partial charge in [-0.1, -0.05) is 48.9 Å². The van der Waals surface area contributed by atoms with Crippen molar-refractivity contribution in [3.63, 3.8) is 0 Å². The third-order valence-electron chi connectivity index (χ3n) is 3.99. The van der Waals surface area contributed by atoms with Crippen LogP contribution in [-0.4, -0.2) is 18.4 Å². The average molecular weight is 367 g/mol. The Morgan fingerprint density at radius 1 is 1.00 bits per heavy atom. The molecule has 0 radical (unpaired) electrons. The van der Waals surface area contributed by atoms with Crippen molar-refractivity contribution in [1.29, 1.82) is 0 Å². The van der Waals surface area contributed by atoms with Gasteiger partial charge in [-0.25, -0.2) is 4.99 Å². The highest BCUT2D eigenvalue weighted by atomic mass is 16.1. The molecule has 0 saturated heterocycles. The van der Waals surface area contributed by atoms with Gasteiger partial charge in [-0.05, 0) is 43.5 Å². The molecule has 5 nitrogen and oxygen atoms in total. The van der Waals surface area contributed by atoms with E-state index in [0.717, 1.165) is 30.2 Å².